The normalized spacial score (nSPS) is 11.4. The van der Waals surface area contributed by atoms with Crippen LogP contribution in [-0.4, -0.2) is 30.0 Å². The third kappa shape index (κ3) is 1.81. The average Bonchev–Trinajstić information content (AvgIpc) is 3.12. The lowest BCUT2D eigenvalue weighted by atomic mass is 10.2. The van der Waals surface area contributed by atoms with Crippen molar-refractivity contribution < 1.29 is 9.18 Å². The SMILES string of the molecule is Cc1nc(-c2ccn3c(C=O)cnc3c2)c2c(N)ncc(F)n12. The van der Waals surface area contributed by atoms with E-state index in [-0.39, 0.29) is 5.82 Å². The zero-order valence-corrected chi connectivity index (χ0v) is 12.1. The highest BCUT2D eigenvalue weighted by molar-refractivity contribution is 5.86. The zero-order chi connectivity index (χ0) is 16.1. The van der Waals surface area contributed by atoms with E-state index in [0.717, 1.165) is 12.5 Å². The van der Waals surface area contributed by atoms with Crippen molar-refractivity contribution in [3.63, 3.8) is 0 Å². The van der Waals surface area contributed by atoms with Crippen LogP contribution in [0.4, 0.5) is 10.2 Å². The van der Waals surface area contributed by atoms with Crippen LogP contribution in [0.15, 0.2) is 30.7 Å². The number of aldehydes is 1. The van der Waals surface area contributed by atoms with Crippen LogP contribution in [0, 0.1) is 12.9 Å². The highest BCUT2D eigenvalue weighted by Crippen LogP contribution is 2.29. The fourth-order valence-electron chi connectivity index (χ4n) is 2.71. The number of nitrogen functional groups attached to an aromatic ring is 1. The second-order valence-corrected chi connectivity index (χ2v) is 5.10. The topological polar surface area (TPSA) is 90.6 Å². The minimum absolute atomic E-state index is 0.193. The van der Waals surface area contributed by atoms with E-state index in [0.29, 0.717) is 33.9 Å². The van der Waals surface area contributed by atoms with Crippen molar-refractivity contribution in [2.24, 2.45) is 0 Å². The van der Waals surface area contributed by atoms with Gasteiger partial charge in [-0.15, -0.1) is 0 Å². The minimum Gasteiger partial charge on any atom is -0.382 e. The van der Waals surface area contributed by atoms with Crippen molar-refractivity contribution in [2.45, 2.75) is 6.92 Å². The van der Waals surface area contributed by atoms with E-state index >= 15 is 0 Å². The highest BCUT2D eigenvalue weighted by Gasteiger charge is 2.17. The van der Waals surface area contributed by atoms with E-state index in [4.69, 9.17) is 5.73 Å². The number of imidazole rings is 2. The van der Waals surface area contributed by atoms with Gasteiger partial charge in [-0.05, 0) is 19.1 Å². The summed E-state index contributed by atoms with van der Waals surface area (Å²) < 4.78 is 17.0. The van der Waals surface area contributed by atoms with E-state index in [9.17, 15) is 9.18 Å². The van der Waals surface area contributed by atoms with Crippen LogP contribution in [0.25, 0.3) is 22.4 Å². The van der Waals surface area contributed by atoms with Crippen LogP contribution < -0.4 is 5.73 Å². The summed E-state index contributed by atoms with van der Waals surface area (Å²) in [5.74, 6) is 0.132. The summed E-state index contributed by atoms with van der Waals surface area (Å²) in [6.45, 7) is 1.69. The number of rotatable bonds is 2. The summed E-state index contributed by atoms with van der Waals surface area (Å²) in [4.78, 5) is 23.4. The first-order valence-corrected chi connectivity index (χ1v) is 6.82. The molecule has 8 heteroatoms. The lowest BCUT2D eigenvalue weighted by Crippen LogP contribution is -2.01. The Balaban J connectivity index is 2.03. The van der Waals surface area contributed by atoms with Gasteiger partial charge in [0.25, 0.3) is 0 Å². The predicted molar refractivity (Wildman–Crippen MR) is 81.7 cm³/mol. The third-order valence-corrected chi connectivity index (χ3v) is 3.75. The second-order valence-electron chi connectivity index (χ2n) is 5.10. The van der Waals surface area contributed by atoms with Crippen LogP contribution in [0.3, 0.4) is 0 Å². The summed E-state index contributed by atoms with van der Waals surface area (Å²) in [5.41, 5.74) is 8.59. The number of halogens is 1. The predicted octanol–water partition coefficient (Wildman–Crippen LogP) is 1.89. The molecule has 7 nitrogen and oxygen atoms in total. The van der Waals surface area contributed by atoms with Crippen LogP contribution in [0.5, 0.6) is 0 Å². The van der Waals surface area contributed by atoms with Crippen molar-refractivity contribution in [2.75, 3.05) is 5.73 Å². The number of hydrogen-bond acceptors (Lipinski definition) is 5. The number of hydrogen-bond donors (Lipinski definition) is 1. The van der Waals surface area contributed by atoms with Gasteiger partial charge in [0.15, 0.2) is 6.29 Å². The van der Waals surface area contributed by atoms with Gasteiger partial charge in [0, 0.05) is 11.8 Å². The van der Waals surface area contributed by atoms with Crippen LogP contribution in [0.2, 0.25) is 0 Å². The molecule has 0 unspecified atom stereocenters. The molecule has 0 saturated heterocycles. The number of aromatic nitrogens is 5. The third-order valence-electron chi connectivity index (χ3n) is 3.75. The molecule has 0 fully saturated rings. The summed E-state index contributed by atoms with van der Waals surface area (Å²) in [6, 6.07) is 3.53. The van der Waals surface area contributed by atoms with Gasteiger partial charge in [-0.2, -0.15) is 4.39 Å². The molecule has 0 bridgehead atoms. The maximum atomic E-state index is 14.0. The van der Waals surface area contributed by atoms with Gasteiger partial charge in [0.1, 0.15) is 34.2 Å². The largest absolute Gasteiger partial charge is 0.382 e. The Hall–Kier alpha value is -3.29. The molecule has 0 aromatic carbocycles. The van der Waals surface area contributed by atoms with Crippen LogP contribution >= 0.6 is 0 Å². The number of carbonyl (C=O) groups is 1. The van der Waals surface area contributed by atoms with E-state index in [1.807, 2.05) is 0 Å². The van der Waals surface area contributed by atoms with Crippen molar-refractivity contribution >= 4 is 23.3 Å². The average molecular weight is 310 g/mol. The van der Waals surface area contributed by atoms with Gasteiger partial charge < -0.3 is 5.73 Å². The molecule has 23 heavy (non-hydrogen) atoms. The van der Waals surface area contributed by atoms with Crippen LogP contribution in [0.1, 0.15) is 16.3 Å². The molecule has 2 N–H and O–H groups in total. The first-order chi connectivity index (χ1) is 11.1. The molecule has 0 aliphatic carbocycles. The van der Waals surface area contributed by atoms with Gasteiger partial charge in [-0.3, -0.25) is 13.6 Å². The Morgan fingerprint density at radius 3 is 2.91 bits per heavy atom. The molecule has 0 aliphatic rings. The van der Waals surface area contributed by atoms with Gasteiger partial charge in [0.05, 0.1) is 12.4 Å². The molecule has 0 radical (unpaired) electrons. The van der Waals surface area contributed by atoms with Crippen LogP contribution in [-0.2, 0) is 0 Å². The van der Waals surface area contributed by atoms with E-state index in [1.54, 1.807) is 29.7 Å². The van der Waals surface area contributed by atoms with Gasteiger partial charge in [-0.1, -0.05) is 0 Å². The Morgan fingerprint density at radius 1 is 1.30 bits per heavy atom. The number of nitrogens with two attached hydrogens (primary N) is 1. The molecule has 0 aliphatic heterocycles. The molecular formula is C15H11FN6O. The molecule has 0 atom stereocenters. The monoisotopic (exact) mass is 310 g/mol. The lowest BCUT2D eigenvalue weighted by molar-refractivity contribution is 0.111. The quantitative estimate of drug-likeness (QED) is 0.571. The number of pyridine rings is 1. The zero-order valence-electron chi connectivity index (χ0n) is 12.1. The van der Waals surface area contributed by atoms with E-state index < -0.39 is 5.95 Å². The van der Waals surface area contributed by atoms with E-state index in [2.05, 4.69) is 15.0 Å². The van der Waals surface area contributed by atoms with Gasteiger partial charge >= 0.3 is 0 Å². The fourth-order valence-corrected chi connectivity index (χ4v) is 2.71. The fraction of sp³-hybridized carbons (Fsp3) is 0.0667. The Morgan fingerprint density at radius 2 is 2.13 bits per heavy atom. The number of fused-ring (bicyclic) bond motifs is 2. The maximum absolute atomic E-state index is 14.0. The summed E-state index contributed by atoms with van der Waals surface area (Å²) in [7, 11) is 0. The molecule has 4 rings (SSSR count). The number of nitrogens with zero attached hydrogens (tertiary/aromatic N) is 5. The number of aryl methyl sites for hydroxylation is 1. The Labute approximate surface area is 129 Å². The van der Waals surface area contributed by atoms with Crippen molar-refractivity contribution in [1.82, 2.24) is 23.8 Å². The van der Waals surface area contributed by atoms with Crippen molar-refractivity contribution in [3.8, 4) is 11.3 Å². The summed E-state index contributed by atoms with van der Waals surface area (Å²) in [5, 5.41) is 0. The van der Waals surface area contributed by atoms with Gasteiger partial charge in [-0.25, -0.2) is 15.0 Å². The standard InChI is InChI=1S/C15H11FN6O/c1-8-20-13(14-15(17)19-6-11(16)22(8)14)9-2-3-21-10(7-23)5-18-12(21)4-9/h2-7H,1H3,(H2,17,19). The van der Waals surface area contributed by atoms with Gasteiger partial charge in [0.2, 0.25) is 5.95 Å². The molecule has 0 spiro atoms. The smallest absolute Gasteiger partial charge is 0.218 e. The summed E-state index contributed by atoms with van der Waals surface area (Å²) >= 11 is 0. The Bertz CT molecular complexity index is 1080. The molecule has 0 saturated carbocycles. The van der Waals surface area contributed by atoms with E-state index in [1.165, 1.54) is 10.6 Å². The first-order valence-electron chi connectivity index (χ1n) is 6.82. The minimum atomic E-state index is -0.532. The molecule has 4 aromatic heterocycles. The van der Waals surface area contributed by atoms with Crippen molar-refractivity contribution in [3.05, 3.63) is 48.2 Å². The molecule has 114 valence electrons. The second kappa shape index (κ2) is 4.60. The number of anilines is 1. The molecule has 4 aromatic rings. The maximum Gasteiger partial charge on any atom is 0.218 e. The van der Waals surface area contributed by atoms with Crippen molar-refractivity contribution in [1.29, 1.82) is 0 Å². The molecule has 4 heterocycles. The highest BCUT2D eigenvalue weighted by atomic mass is 19.1. The molecular weight excluding hydrogens is 299 g/mol. The first kappa shape index (κ1) is 13.4. The summed E-state index contributed by atoms with van der Waals surface area (Å²) in [6.07, 6.45) is 4.99. The number of carbonyl (C=O) groups excluding carboxylic acids is 1. The lowest BCUT2D eigenvalue weighted by Gasteiger charge is -2.04. The Kier molecular flexibility index (Phi) is 2.68. The molecule has 0 amide bonds.